The quantitative estimate of drug-likeness (QED) is 0.824. The summed E-state index contributed by atoms with van der Waals surface area (Å²) in [5, 5.41) is 16.4. The van der Waals surface area contributed by atoms with Crippen molar-refractivity contribution in [2.45, 2.75) is 38.3 Å². The van der Waals surface area contributed by atoms with Crippen LogP contribution in [0.5, 0.6) is 0 Å². The highest BCUT2D eigenvalue weighted by molar-refractivity contribution is 5.79. The Morgan fingerprint density at radius 2 is 2.15 bits per heavy atom. The van der Waals surface area contributed by atoms with Crippen LogP contribution in [0.15, 0.2) is 36.9 Å². The number of hydrogen-bond donors (Lipinski definition) is 1. The molecule has 1 fully saturated rings. The molecule has 1 aromatic heterocycles. The Morgan fingerprint density at radius 3 is 2.69 bits per heavy atom. The fraction of sp³-hybridized carbons (Fsp3) is 0.474. The molecule has 0 saturated heterocycles. The van der Waals surface area contributed by atoms with E-state index in [0.717, 1.165) is 24.1 Å². The maximum atomic E-state index is 12.4. The molecular formula is C19H24N6O. The Labute approximate surface area is 153 Å². The molecule has 0 bridgehead atoms. The van der Waals surface area contributed by atoms with Gasteiger partial charge in [-0.2, -0.15) is 10.4 Å². The molecule has 1 N–H and O–H groups in total. The predicted octanol–water partition coefficient (Wildman–Crippen LogP) is 2.07. The molecule has 7 nitrogen and oxygen atoms in total. The molecule has 1 aromatic carbocycles. The van der Waals surface area contributed by atoms with Gasteiger partial charge in [0.2, 0.25) is 5.91 Å². The molecule has 1 aliphatic rings. The van der Waals surface area contributed by atoms with Crippen molar-refractivity contribution in [2.75, 3.05) is 13.6 Å². The topological polar surface area (TPSA) is 86.8 Å². The molecule has 1 heterocycles. The van der Waals surface area contributed by atoms with E-state index in [4.69, 9.17) is 0 Å². The summed E-state index contributed by atoms with van der Waals surface area (Å²) in [4.78, 5) is 18.3. The second-order valence-corrected chi connectivity index (χ2v) is 7.16. The number of hydrogen-bond acceptors (Lipinski definition) is 5. The summed E-state index contributed by atoms with van der Waals surface area (Å²) in [6, 6.07) is 10.3. The number of carbonyl (C=O) groups excluding carboxylic acids is 1. The Hall–Kier alpha value is -2.72. The molecule has 3 rings (SSSR count). The lowest BCUT2D eigenvalue weighted by Gasteiger charge is -2.28. The summed E-state index contributed by atoms with van der Waals surface area (Å²) < 4.78 is 1.70. The van der Waals surface area contributed by atoms with Crippen molar-refractivity contribution in [1.29, 1.82) is 5.26 Å². The van der Waals surface area contributed by atoms with E-state index in [9.17, 15) is 10.1 Å². The number of rotatable bonds is 7. The molecule has 1 aliphatic carbocycles. The predicted molar refractivity (Wildman–Crippen MR) is 97.3 cm³/mol. The number of carbonyl (C=O) groups is 1. The van der Waals surface area contributed by atoms with Gasteiger partial charge in [-0.1, -0.05) is 12.1 Å². The lowest BCUT2D eigenvalue weighted by Crippen LogP contribution is -2.50. The van der Waals surface area contributed by atoms with Crippen LogP contribution in [0.3, 0.4) is 0 Å². The van der Waals surface area contributed by atoms with E-state index < -0.39 is 5.54 Å². The van der Waals surface area contributed by atoms with Gasteiger partial charge in [0.05, 0.1) is 18.3 Å². The number of amides is 1. The van der Waals surface area contributed by atoms with Gasteiger partial charge in [0, 0.05) is 6.04 Å². The summed E-state index contributed by atoms with van der Waals surface area (Å²) in [7, 11) is 1.91. The van der Waals surface area contributed by atoms with Crippen molar-refractivity contribution in [2.24, 2.45) is 5.92 Å². The molecule has 2 aromatic rings. The molecule has 0 spiro atoms. The van der Waals surface area contributed by atoms with Gasteiger partial charge in [-0.05, 0) is 57.4 Å². The van der Waals surface area contributed by atoms with Gasteiger partial charge >= 0.3 is 0 Å². The molecule has 7 heteroatoms. The van der Waals surface area contributed by atoms with Crippen LogP contribution in [0.4, 0.5) is 0 Å². The largest absolute Gasteiger partial charge is 0.337 e. The van der Waals surface area contributed by atoms with E-state index in [1.54, 1.807) is 11.0 Å². The zero-order chi connectivity index (χ0) is 18.7. The van der Waals surface area contributed by atoms with Gasteiger partial charge < -0.3 is 5.32 Å². The third kappa shape index (κ3) is 3.92. The lowest BCUT2D eigenvalue weighted by atomic mass is 9.98. The minimum atomic E-state index is -0.749. The van der Waals surface area contributed by atoms with Gasteiger partial charge in [-0.25, -0.2) is 9.67 Å². The monoisotopic (exact) mass is 352 g/mol. The van der Waals surface area contributed by atoms with Crippen LogP contribution in [0.25, 0.3) is 5.69 Å². The highest BCUT2D eigenvalue weighted by Gasteiger charge is 2.43. The maximum Gasteiger partial charge on any atom is 0.235 e. The van der Waals surface area contributed by atoms with Gasteiger partial charge in [-0.3, -0.25) is 9.69 Å². The summed E-state index contributed by atoms with van der Waals surface area (Å²) in [5.74, 6) is 0.165. The fourth-order valence-corrected chi connectivity index (χ4v) is 3.08. The van der Waals surface area contributed by atoms with E-state index in [1.807, 2.05) is 43.1 Å². The molecule has 1 saturated carbocycles. The Morgan fingerprint density at radius 1 is 1.46 bits per heavy atom. The number of aromatic nitrogens is 3. The van der Waals surface area contributed by atoms with Crippen LogP contribution in [0, 0.1) is 17.2 Å². The average molecular weight is 352 g/mol. The lowest BCUT2D eigenvalue weighted by molar-refractivity contribution is -0.123. The van der Waals surface area contributed by atoms with Crippen LogP contribution < -0.4 is 5.32 Å². The molecule has 0 unspecified atom stereocenters. The third-order valence-electron chi connectivity index (χ3n) is 5.14. The molecule has 26 heavy (non-hydrogen) atoms. The SMILES string of the molecule is C[C@H](c1ccc(-n2cncn2)cc1)N(C)CC(=O)N[C@](C)(C#N)C1CC1. The van der Waals surface area contributed by atoms with E-state index >= 15 is 0 Å². The van der Waals surface area contributed by atoms with Crippen molar-refractivity contribution in [3.63, 3.8) is 0 Å². The van der Waals surface area contributed by atoms with Crippen molar-refractivity contribution in [1.82, 2.24) is 25.0 Å². The van der Waals surface area contributed by atoms with Crippen LogP contribution in [0.1, 0.15) is 38.3 Å². The first-order valence-corrected chi connectivity index (χ1v) is 8.80. The number of nitriles is 1. The first kappa shape index (κ1) is 18.1. The summed E-state index contributed by atoms with van der Waals surface area (Å²) in [6.07, 6.45) is 5.17. The Kier molecular flexibility index (Phi) is 5.05. The zero-order valence-electron chi connectivity index (χ0n) is 15.4. The standard InChI is InChI=1S/C19H24N6O/c1-14(15-4-8-17(9-5-15)25-13-21-12-22-25)24(3)10-18(26)23-19(2,11-20)16-6-7-16/h4-5,8-9,12-14,16H,6-7,10H2,1-3H3,(H,23,26)/t14-,19-/m1/s1. The number of nitrogens with zero attached hydrogens (tertiary/aromatic N) is 5. The van der Waals surface area contributed by atoms with Crippen molar-refractivity contribution in [3.8, 4) is 11.8 Å². The number of benzene rings is 1. The highest BCUT2D eigenvalue weighted by atomic mass is 16.2. The van der Waals surface area contributed by atoms with E-state index in [0.29, 0.717) is 0 Å². The highest BCUT2D eigenvalue weighted by Crippen LogP contribution is 2.39. The van der Waals surface area contributed by atoms with Gasteiger partial charge in [0.1, 0.15) is 18.2 Å². The van der Waals surface area contributed by atoms with Crippen LogP contribution in [0.2, 0.25) is 0 Å². The second-order valence-electron chi connectivity index (χ2n) is 7.16. The first-order valence-electron chi connectivity index (χ1n) is 8.80. The normalized spacial score (nSPS) is 17.3. The molecule has 0 radical (unpaired) electrons. The van der Waals surface area contributed by atoms with E-state index in [1.165, 1.54) is 6.33 Å². The Bertz CT molecular complexity index is 790. The first-order chi connectivity index (χ1) is 12.4. The number of nitrogens with one attached hydrogen (secondary N) is 1. The molecule has 1 amide bonds. The van der Waals surface area contributed by atoms with Gasteiger partial charge in [-0.15, -0.1) is 0 Å². The van der Waals surface area contributed by atoms with Crippen molar-refractivity contribution < 1.29 is 4.79 Å². The van der Waals surface area contributed by atoms with Gasteiger partial charge in [0.25, 0.3) is 0 Å². The third-order valence-corrected chi connectivity index (χ3v) is 5.14. The molecular weight excluding hydrogens is 328 g/mol. The summed E-state index contributed by atoms with van der Waals surface area (Å²) >= 11 is 0. The Balaban J connectivity index is 1.59. The maximum absolute atomic E-state index is 12.4. The fourth-order valence-electron chi connectivity index (χ4n) is 3.08. The zero-order valence-corrected chi connectivity index (χ0v) is 15.4. The molecule has 2 atom stereocenters. The molecule has 0 aliphatic heterocycles. The molecule has 136 valence electrons. The smallest absolute Gasteiger partial charge is 0.235 e. The summed E-state index contributed by atoms with van der Waals surface area (Å²) in [5.41, 5.74) is 1.29. The van der Waals surface area contributed by atoms with E-state index in [2.05, 4.69) is 28.4 Å². The average Bonchev–Trinajstić information content (AvgIpc) is 3.37. The second kappa shape index (κ2) is 7.26. The minimum absolute atomic E-state index is 0.0693. The van der Waals surface area contributed by atoms with Crippen LogP contribution in [-0.2, 0) is 4.79 Å². The van der Waals surface area contributed by atoms with Crippen molar-refractivity contribution in [3.05, 3.63) is 42.5 Å². The minimum Gasteiger partial charge on any atom is -0.337 e. The van der Waals surface area contributed by atoms with E-state index in [-0.39, 0.29) is 24.4 Å². The number of likely N-dealkylation sites (N-methyl/N-ethyl adjacent to an activating group) is 1. The van der Waals surface area contributed by atoms with Crippen LogP contribution >= 0.6 is 0 Å². The van der Waals surface area contributed by atoms with Crippen LogP contribution in [-0.4, -0.2) is 44.7 Å². The van der Waals surface area contributed by atoms with Crippen molar-refractivity contribution >= 4 is 5.91 Å². The van der Waals surface area contributed by atoms with Gasteiger partial charge in [0.15, 0.2) is 0 Å². The summed E-state index contributed by atoms with van der Waals surface area (Å²) in [6.45, 7) is 4.12.